The van der Waals surface area contributed by atoms with Crippen LogP contribution in [0.3, 0.4) is 0 Å². The van der Waals surface area contributed by atoms with Crippen LogP contribution < -0.4 is 5.32 Å². The van der Waals surface area contributed by atoms with E-state index in [9.17, 15) is 13.2 Å². The molecule has 1 fully saturated rings. The van der Waals surface area contributed by atoms with Crippen LogP contribution in [0.4, 0.5) is 0 Å². The van der Waals surface area contributed by atoms with Crippen LogP contribution in [0.15, 0.2) is 30.3 Å². The average molecular weight is 324 g/mol. The van der Waals surface area contributed by atoms with Crippen LogP contribution in [0.5, 0.6) is 0 Å². The van der Waals surface area contributed by atoms with Gasteiger partial charge in [-0.15, -0.1) is 0 Å². The minimum Gasteiger partial charge on any atom is -0.354 e. The molecule has 6 heteroatoms. The third-order valence-electron chi connectivity index (χ3n) is 4.16. The molecule has 1 aliphatic heterocycles. The molecule has 1 amide bonds. The first-order valence-electron chi connectivity index (χ1n) is 7.56. The third-order valence-corrected chi connectivity index (χ3v) is 5.93. The average Bonchev–Trinajstić information content (AvgIpc) is 2.84. The molecule has 0 aromatic heterocycles. The number of hydrogen-bond donors (Lipinski definition) is 1. The zero-order valence-electron chi connectivity index (χ0n) is 13.2. The molecule has 2 unspecified atom stereocenters. The highest BCUT2D eigenvalue weighted by molar-refractivity contribution is 7.91. The van der Waals surface area contributed by atoms with E-state index in [1.807, 2.05) is 32.3 Å². The van der Waals surface area contributed by atoms with Gasteiger partial charge in [-0.05, 0) is 32.5 Å². The van der Waals surface area contributed by atoms with Gasteiger partial charge in [0.2, 0.25) is 5.91 Å². The van der Waals surface area contributed by atoms with Crippen molar-refractivity contribution in [3.63, 3.8) is 0 Å². The van der Waals surface area contributed by atoms with E-state index in [4.69, 9.17) is 0 Å². The van der Waals surface area contributed by atoms with Crippen LogP contribution in [-0.2, 0) is 21.1 Å². The van der Waals surface area contributed by atoms with Crippen LogP contribution in [0, 0.1) is 5.92 Å². The van der Waals surface area contributed by atoms with E-state index in [2.05, 4.69) is 22.3 Å². The van der Waals surface area contributed by atoms with E-state index >= 15 is 0 Å². The monoisotopic (exact) mass is 324 g/mol. The van der Waals surface area contributed by atoms with Gasteiger partial charge in [0, 0.05) is 12.6 Å². The van der Waals surface area contributed by atoms with Crippen LogP contribution >= 0.6 is 0 Å². The van der Waals surface area contributed by atoms with Crippen molar-refractivity contribution in [3.05, 3.63) is 35.9 Å². The van der Waals surface area contributed by atoms with Gasteiger partial charge < -0.3 is 10.2 Å². The Balaban J connectivity index is 1.88. The molecule has 1 saturated heterocycles. The summed E-state index contributed by atoms with van der Waals surface area (Å²) < 4.78 is 22.9. The molecule has 0 aliphatic carbocycles. The maximum Gasteiger partial charge on any atom is 0.224 e. The number of likely N-dealkylation sites (N-methyl/N-ethyl adjacent to an activating group) is 1. The minimum absolute atomic E-state index is 0.00977. The number of carbonyl (C=O) groups excluding carboxylic acids is 1. The number of carbonyl (C=O) groups is 1. The fraction of sp³-hybridized carbons (Fsp3) is 0.562. The number of rotatable bonds is 6. The van der Waals surface area contributed by atoms with Crippen LogP contribution in [0.2, 0.25) is 0 Å². The molecule has 0 saturated carbocycles. The molecule has 22 heavy (non-hydrogen) atoms. The highest BCUT2D eigenvalue weighted by Crippen LogP contribution is 2.18. The fourth-order valence-electron chi connectivity index (χ4n) is 2.69. The summed E-state index contributed by atoms with van der Waals surface area (Å²) >= 11 is 0. The van der Waals surface area contributed by atoms with Crippen molar-refractivity contribution in [2.45, 2.75) is 18.9 Å². The molecule has 1 N–H and O–H groups in total. The van der Waals surface area contributed by atoms with Crippen molar-refractivity contribution in [1.82, 2.24) is 10.2 Å². The Hall–Kier alpha value is -1.40. The maximum atomic E-state index is 12.1. The lowest BCUT2D eigenvalue weighted by molar-refractivity contribution is -0.124. The molecule has 1 aromatic rings. The topological polar surface area (TPSA) is 66.5 Å². The summed E-state index contributed by atoms with van der Waals surface area (Å²) in [6.45, 7) is 0.525. The van der Waals surface area contributed by atoms with E-state index in [1.54, 1.807) is 0 Å². The molecule has 0 bridgehead atoms. The summed E-state index contributed by atoms with van der Waals surface area (Å²) in [4.78, 5) is 14.2. The second kappa shape index (κ2) is 7.24. The van der Waals surface area contributed by atoms with Crippen molar-refractivity contribution < 1.29 is 13.2 Å². The molecular formula is C16H24N2O3S. The predicted molar refractivity (Wildman–Crippen MR) is 87.4 cm³/mol. The van der Waals surface area contributed by atoms with Crippen LogP contribution in [0.1, 0.15) is 12.0 Å². The van der Waals surface area contributed by atoms with Crippen molar-refractivity contribution in [3.8, 4) is 0 Å². The third kappa shape index (κ3) is 4.81. The Bertz CT molecular complexity index is 599. The molecule has 1 aromatic carbocycles. The Morgan fingerprint density at radius 2 is 2.00 bits per heavy atom. The largest absolute Gasteiger partial charge is 0.354 e. The van der Waals surface area contributed by atoms with Gasteiger partial charge in [0.05, 0.1) is 17.4 Å². The lowest BCUT2D eigenvalue weighted by Gasteiger charge is -2.25. The van der Waals surface area contributed by atoms with Crippen molar-refractivity contribution in [2.24, 2.45) is 5.92 Å². The zero-order chi connectivity index (χ0) is 16.2. The Kier molecular flexibility index (Phi) is 5.58. The number of benzene rings is 1. The first kappa shape index (κ1) is 17.0. The van der Waals surface area contributed by atoms with E-state index in [0.29, 0.717) is 13.0 Å². The molecule has 5 nitrogen and oxygen atoms in total. The Morgan fingerprint density at radius 1 is 1.32 bits per heavy atom. The minimum atomic E-state index is -3.02. The van der Waals surface area contributed by atoms with Gasteiger partial charge in [-0.25, -0.2) is 8.42 Å². The highest BCUT2D eigenvalue weighted by atomic mass is 32.2. The molecule has 1 heterocycles. The highest BCUT2D eigenvalue weighted by Gasteiger charge is 2.33. The second-order valence-electron chi connectivity index (χ2n) is 6.15. The molecule has 1 aliphatic rings. The number of sulfone groups is 1. The summed E-state index contributed by atoms with van der Waals surface area (Å²) in [6, 6.07) is 10.3. The SMILES string of the molecule is CN(C)C(CNC(=O)C1CCS(=O)(=O)C1)Cc1ccccc1. The van der Waals surface area contributed by atoms with Gasteiger partial charge in [0.15, 0.2) is 9.84 Å². The summed E-state index contributed by atoms with van der Waals surface area (Å²) in [5.74, 6) is -0.401. The van der Waals surface area contributed by atoms with E-state index < -0.39 is 9.84 Å². The number of nitrogens with zero attached hydrogens (tertiary/aromatic N) is 1. The molecule has 122 valence electrons. The quantitative estimate of drug-likeness (QED) is 0.837. The fourth-order valence-corrected chi connectivity index (χ4v) is 4.43. The smallest absolute Gasteiger partial charge is 0.224 e. The summed E-state index contributed by atoms with van der Waals surface area (Å²) in [5.41, 5.74) is 1.22. The molecule has 2 atom stereocenters. The first-order valence-corrected chi connectivity index (χ1v) is 9.38. The zero-order valence-corrected chi connectivity index (χ0v) is 14.0. The number of amides is 1. The van der Waals surface area contributed by atoms with Crippen molar-refractivity contribution in [2.75, 3.05) is 32.1 Å². The molecule has 2 rings (SSSR count). The first-order chi connectivity index (χ1) is 10.4. The van der Waals surface area contributed by atoms with Gasteiger partial charge in [0.1, 0.15) is 0 Å². The normalized spacial score (nSPS) is 21.7. The van der Waals surface area contributed by atoms with E-state index in [-0.39, 0.29) is 29.4 Å². The second-order valence-corrected chi connectivity index (χ2v) is 8.38. The van der Waals surface area contributed by atoms with Crippen molar-refractivity contribution in [1.29, 1.82) is 0 Å². The standard InChI is InChI=1S/C16H24N2O3S/c1-18(2)15(10-13-6-4-3-5-7-13)11-17-16(19)14-8-9-22(20,21)12-14/h3-7,14-15H,8-12H2,1-2H3,(H,17,19). The van der Waals surface area contributed by atoms with Gasteiger partial charge >= 0.3 is 0 Å². The van der Waals surface area contributed by atoms with Crippen LogP contribution in [0.25, 0.3) is 0 Å². The van der Waals surface area contributed by atoms with Gasteiger partial charge in [-0.3, -0.25) is 4.79 Å². The molecule has 0 radical (unpaired) electrons. The Labute approximate surface area is 132 Å². The van der Waals surface area contributed by atoms with Gasteiger partial charge in [-0.2, -0.15) is 0 Å². The number of hydrogen-bond acceptors (Lipinski definition) is 4. The van der Waals surface area contributed by atoms with E-state index in [0.717, 1.165) is 6.42 Å². The summed E-state index contributed by atoms with van der Waals surface area (Å²) in [6.07, 6.45) is 1.29. The lowest BCUT2D eigenvalue weighted by Crippen LogP contribution is -2.43. The maximum absolute atomic E-state index is 12.1. The molecule has 0 spiro atoms. The Morgan fingerprint density at radius 3 is 2.55 bits per heavy atom. The summed E-state index contributed by atoms with van der Waals surface area (Å²) in [5, 5.41) is 2.92. The lowest BCUT2D eigenvalue weighted by atomic mass is 10.0. The number of nitrogens with one attached hydrogen (secondary N) is 1. The van der Waals surface area contributed by atoms with Gasteiger partial charge in [-0.1, -0.05) is 30.3 Å². The van der Waals surface area contributed by atoms with E-state index in [1.165, 1.54) is 5.56 Å². The predicted octanol–water partition coefficient (Wildman–Crippen LogP) is 0.710. The van der Waals surface area contributed by atoms with Crippen LogP contribution in [-0.4, -0.2) is 57.4 Å². The van der Waals surface area contributed by atoms with Crippen molar-refractivity contribution >= 4 is 15.7 Å². The van der Waals surface area contributed by atoms with Gasteiger partial charge in [0.25, 0.3) is 0 Å². The molecular weight excluding hydrogens is 300 g/mol. The summed E-state index contributed by atoms with van der Waals surface area (Å²) in [7, 11) is 0.957.